The van der Waals surface area contributed by atoms with E-state index in [0.717, 1.165) is 19.4 Å². The van der Waals surface area contributed by atoms with Gasteiger partial charge in [-0.2, -0.15) is 5.10 Å². The van der Waals surface area contributed by atoms with E-state index in [9.17, 15) is 0 Å². The van der Waals surface area contributed by atoms with Gasteiger partial charge in [0.05, 0.1) is 12.2 Å². The zero-order chi connectivity index (χ0) is 15.2. The number of hydrogen-bond acceptors (Lipinski definition) is 3. The lowest BCUT2D eigenvalue weighted by atomic mass is 9.99. The van der Waals surface area contributed by atoms with Gasteiger partial charge in [0, 0.05) is 31.4 Å². The summed E-state index contributed by atoms with van der Waals surface area (Å²) in [5.74, 6) is 0. The van der Waals surface area contributed by atoms with Gasteiger partial charge in [-0.25, -0.2) is 0 Å². The van der Waals surface area contributed by atoms with Gasteiger partial charge in [0.1, 0.15) is 0 Å². The van der Waals surface area contributed by atoms with Gasteiger partial charge in [-0.15, -0.1) is 0 Å². The minimum Gasteiger partial charge on any atom is -0.326 e. The molecule has 0 aliphatic rings. The second kappa shape index (κ2) is 7.38. The van der Waals surface area contributed by atoms with Gasteiger partial charge < -0.3 is 5.73 Å². The van der Waals surface area contributed by atoms with Gasteiger partial charge in [0.25, 0.3) is 0 Å². The van der Waals surface area contributed by atoms with Crippen molar-refractivity contribution in [3.05, 3.63) is 53.9 Å². The number of aromatic nitrogens is 2. The quantitative estimate of drug-likeness (QED) is 0.850. The Morgan fingerprint density at radius 2 is 2.00 bits per heavy atom. The normalized spacial score (nSPS) is 14.3. The van der Waals surface area contributed by atoms with Crippen LogP contribution in [-0.2, 0) is 13.5 Å². The van der Waals surface area contributed by atoms with Crippen LogP contribution >= 0.6 is 0 Å². The summed E-state index contributed by atoms with van der Waals surface area (Å²) in [7, 11) is 4.10. The highest BCUT2D eigenvalue weighted by Crippen LogP contribution is 2.23. The topological polar surface area (TPSA) is 47.1 Å². The Labute approximate surface area is 127 Å². The lowest BCUT2D eigenvalue weighted by Gasteiger charge is -2.31. The number of aryl methyl sites for hydroxylation is 1. The fraction of sp³-hybridized carbons (Fsp3) is 0.471. The van der Waals surface area contributed by atoms with E-state index in [1.54, 1.807) is 0 Å². The molecule has 114 valence electrons. The predicted octanol–water partition coefficient (Wildman–Crippen LogP) is 2.37. The number of benzene rings is 1. The molecule has 0 aliphatic heterocycles. The molecule has 4 nitrogen and oxygen atoms in total. The number of nitrogens with zero attached hydrogens (tertiary/aromatic N) is 3. The third kappa shape index (κ3) is 4.16. The average molecular weight is 286 g/mol. The Morgan fingerprint density at radius 1 is 1.29 bits per heavy atom. The lowest BCUT2D eigenvalue weighted by molar-refractivity contribution is 0.212. The maximum atomic E-state index is 6.35. The lowest BCUT2D eigenvalue weighted by Crippen LogP contribution is -2.39. The van der Waals surface area contributed by atoms with Crippen LogP contribution in [0.15, 0.2) is 42.7 Å². The number of hydrogen-bond donors (Lipinski definition) is 1. The molecule has 2 atom stereocenters. The first-order chi connectivity index (χ1) is 10.1. The van der Waals surface area contributed by atoms with E-state index in [1.807, 2.05) is 17.9 Å². The van der Waals surface area contributed by atoms with E-state index in [0.29, 0.717) is 0 Å². The van der Waals surface area contributed by atoms with Gasteiger partial charge in [-0.05, 0) is 25.5 Å². The summed E-state index contributed by atoms with van der Waals surface area (Å²) in [4.78, 5) is 2.35. The monoisotopic (exact) mass is 286 g/mol. The molecule has 0 fully saturated rings. The molecular formula is C17H26N4. The maximum absolute atomic E-state index is 6.35. The molecule has 2 rings (SSSR count). The highest BCUT2D eigenvalue weighted by atomic mass is 15.2. The first-order valence-corrected chi connectivity index (χ1v) is 7.60. The van der Waals surface area contributed by atoms with Crippen molar-refractivity contribution in [3.8, 4) is 0 Å². The summed E-state index contributed by atoms with van der Waals surface area (Å²) in [5, 5.41) is 4.29. The Balaban J connectivity index is 2.06. The van der Waals surface area contributed by atoms with E-state index in [2.05, 4.69) is 60.5 Å². The van der Waals surface area contributed by atoms with Crippen LogP contribution in [0, 0.1) is 0 Å². The molecule has 2 aromatic rings. The molecule has 0 radical (unpaired) electrons. The molecule has 0 aliphatic carbocycles. The van der Waals surface area contributed by atoms with Crippen LogP contribution in [0.1, 0.15) is 30.5 Å². The predicted molar refractivity (Wildman–Crippen MR) is 87.0 cm³/mol. The van der Waals surface area contributed by atoms with Crippen LogP contribution in [-0.4, -0.2) is 34.3 Å². The summed E-state index contributed by atoms with van der Waals surface area (Å²) in [6, 6.07) is 10.9. The van der Waals surface area contributed by atoms with Crippen molar-refractivity contribution in [2.24, 2.45) is 12.8 Å². The number of likely N-dealkylation sites (N-methyl/N-ethyl adjacent to an activating group) is 1. The van der Waals surface area contributed by atoms with Crippen LogP contribution in [0.5, 0.6) is 0 Å². The van der Waals surface area contributed by atoms with Crippen molar-refractivity contribution >= 4 is 0 Å². The molecular weight excluding hydrogens is 260 g/mol. The first-order valence-electron chi connectivity index (χ1n) is 7.60. The molecule has 1 aromatic carbocycles. The van der Waals surface area contributed by atoms with Crippen LogP contribution in [0.2, 0.25) is 0 Å². The minimum absolute atomic E-state index is 0.120. The van der Waals surface area contributed by atoms with E-state index in [4.69, 9.17) is 5.73 Å². The molecule has 0 amide bonds. The smallest absolute Gasteiger partial charge is 0.0538 e. The minimum atomic E-state index is 0.120. The molecule has 2 unspecified atom stereocenters. The summed E-state index contributed by atoms with van der Waals surface area (Å²) in [5.41, 5.74) is 8.91. The van der Waals surface area contributed by atoms with Gasteiger partial charge >= 0.3 is 0 Å². The van der Waals surface area contributed by atoms with Crippen molar-refractivity contribution in [2.75, 3.05) is 13.6 Å². The molecule has 1 aromatic heterocycles. The molecule has 21 heavy (non-hydrogen) atoms. The number of rotatable bonds is 7. The highest BCUT2D eigenvalue weighted by Gasteiger charge is 2.24. The summed E-state index contributed by atoms with van der Waals surface area (Å²) < 4.78 is 1.84. The van der Waals surface area contributed by atoms with Gasteiger partial charge in [-0.3, -0.25) is 9.58 Å². The van der Waals surface area contributed by atoms with E-state index >= 15 is 0 Å². The Kier molecular flexibility index (Phi) is 5.53. The van der Waals surface area contributed by atoms with E-state index < -0.39 is 0 Å². The van der Waals surface area contributed by atoms with Crippen molar-refractivity contribution in [3.63, 3.8) is 0 Å². The molecule has 0 saturated carbocycles. The molecule has 1 heterocycles. The zero-order valence-electron chi connectivity index (χ0n) is 13.2. The summed E-state index contributed by atoms with van der Waals surface area (Å²) in [6.45, 7) is 3.12. The van der Waals surface area contributed by atoms with Gasteiger partial charge in [0.2, 0.25) is 0 Å². The van der Waals surface area contributed by atoms with Crippen LogP contribution < -0.4 is 5.73 Å². The highest BCUT2D eigenvalue weighted by molar-refractivity contribution is 5.16. The summed E-state index contributed by atoms with van der Waals surface area (Å²) >= 11 is 0. The number of nitrogens with two attached hydrogens (primary N) is 1. The van der Waals surface area contributed by atoms with Crippen molar-refractivity contribution in [1.29, 1.82) is 0 Å². The van der Waals surface area contributed by atoms with Gasteiger partial charge in [-0.1, -0.05) is 37.3 Å². The molecule has 0 bridgehead atoms. The second-order valence-electron chi connectivity index (χ2n) is 5.68. The molecule has 0 saturated heterocycles. The summed E-state index contributed by atoms with van der Waals surface area (Å²) in [6.07, 6.45) is 5.98. The van der Waals surface area contributed by atoms with Crippen LogP contribution in [0.25, 0.3) is 0 Å². The van der Waals surface area contributed by atoms with E-state index in [-0.39, 0.29) is 12.1 Å². The van der Waals surface area contributed by atoms with Crippen molar-refractivity contribution < 1.29 is 0 Å². The van der Waals surface area contributed by atoms with Crippen LogP contribution in [0.4, 0.5) is 0 Å². The Bertz CT molecular complexity index is 535. The first kappa shape index (κ1) is 15.7. The molecule has 0 spiro atoms. The van der Waals surface area contributed by atoms with Crippen molar-refractivity contribution in [2.45, 2.75) is 31.8 Å². The molecule has 2 N–H and O–H groups in total. The van der Waals surface area contributed by atoms with Crippen LogP contribution in [0.3, 0.4) is 0 Å². The second-order valence-corrected chi connectivity index (χ2v) is 5.68. The Morgan fingerprint density at radius 3 is 2.57 bits per heavy atom. The fourth-order valence-corrected chi connectivity index (χ4v) is 2.73. The SMILES string of the molecule is CCC(N)C(c1cnn(C)c1)N(C)CCc1ccccc1. The standard InChI is InChI=1S/C17H26N4/c1-4-16(18)17(15-12-19-21(3)13-15)20(2)11-10-14-8-6-5-7-9-14/h5-9,12-13,16-17H,4,10-11,18H2,1-3H3. The third-order valence-corrected chi connectivity index (χ3v) is 4.01. The zero-order valence-corrected chi connectivity index (χ0v) is 13.2. The Hall–Kier alpha value is -1.65. The maximum Gasteiger partial charge on any atom is 0.0538 e. The van der Waals surface area contributed by atoms with Crippen molar-refractivity contribution in [1.82, 2.24) is 14.7 Å². The molecule has 4 heteroatoms. The van der Waals surface area contributed by atoms with Gasteiger partial charge in [0.15, 0.2) is 0 Å². The van der Waals surface area contributed by atoms with E-state index in [1.165, 1.54) is 11.1 Å². The largest absolute Gasteiger partial charge is 0.326 e. The average Bonchev–Trinajstić information content (AvgIpc) is 2.92. The fourth-order valence-electron chi connectivity index (χ4n) is 2.73. The third-order valence-electron chi connectivity index (χ3n) is 4.01.